The van der Waals surface area contributed by atoms with Gasteiger partial charge in [-0.2, -0.15) is 16.1 Å². The number of rotatable bonds is 3. The Bertz CT molecular complexity index is 755. The third-order valence-electron chi connectivity index (χ3n) is 5.94. The van der Waals surface area contributed by atoms with Gasteiger partial charge in [-0.1, -0.05) is 0 Å². The Morgan fingerprint density at radius 2 is 1.85 bits per heavy atom. The number of hydrogen-bond acceptors (Lipinski definition) is 5. The highest BCUT2D eigenvalue weighted by Gasteiger charge is 2.38. The van der Waals surface area contributed by atoms with Crippen LogP contribution < -0.4 is 5.32 Å². The molecule has 1 spiro atoms. The first-order valence-electron chi connectivity index (χ1n) is 9.27. The van der Waals surface area contributed by atoms with Gasteiger partial charge in [0.25, 0.3) is 5.91 Å². The van der Waals surface area contributed by atoms with Crippen molar-refractivity contribution in [1.29, 1.82) is 0 Å². The summed E-state index contributed by atoms with van der Waals surface area (Å²) in [6.07, 6.45) is 4.68. The highest BCUT2D eigenvalue weighted by atomic mass is 32.2. The monoisotopic (exact) mass is 398 g/mol. The number of piperidine rings is 1. The smallest absolute Gasteiger partial charge is 0.270 e. The molecule has 0 aliphatic carbocycles. The molecule has 0 saturated carbocycles. The Labute approximate surface area is 158 Å². The third kappa shape index (κ3) is 3.42. The lowest BCUT2D eigenvalue weighted by Gasteiger charge is -2.38. The van der Waals surface area contributed by atoms with Crippen molar-refractivity contribution >= 4 is 27.7 Å². The highest BCUT2D eigenvalue weighted by Crippen LogP contribution is 2.37. The number of sulfonamides is 1. The van der Waals surface area contributed by atoms with Crippen molar-refractivity contribution in [2.45, 2.75) is 24.2 Å². The number of hydrogen-bond donors (Lipinski definition) is 2. The van der Waals surface area contributed by atoms with Crippen LogP contribution in [0.3, 0.4) is 0 Å². The van der Waals surface area contributed by atoms with Crippen LogP contribution in [0, 0.1) is 5.41 Å². The van der Waals surface area contributed by atoms with Gasteiger partial charge in [0.15, 0.2) is 0 Å². The van der Waals surface area contributed by atoms with Crippen molar-refractivity contribution in [1.82, 2.24) is 19.5 Å². The van der Waals surface area contributed by atoms with Crippen molar-refractivity contribution in [3.8, 4) is 0 Å². The van der Waals surface area contributed by atoms with Crippen LogP contribution in [0.4, 0.5) is 0 Å². The van der Waals surface area contributed by atoms with Gasteiger partial charge in [-0.15, -0.1) is 0 Å². The lowest BCUT2D eigenvalue weighted by Crippen LogP contribution is -2.44. The van der Waals surface area contributed by atoms with Crippen molar-refractivity contribution in [2.75, 3.05) is 50.8 Å². The number of thioether (sulfide) groups is 1. The zero-order valence-corrected chi connectivity index (χ0v) is 16.5. The van der Waals surface area contributed by atoms with Gasteiger partial charge in [0.2, 0.25) is 10.0 Å². The standard InChI is InChI=1S/C17H26N4O3S2/c22-16(20-5-2-17(3-6-20)1-4-18-13-17)15-11-14(12-19-15)26(23,24)21-7-9-25-10-8-21/h11-12,18-19H,1-10,13H2. The molecule has 3 saturated heterocycles. The molecule has 3 aliphatic heterocycles. The van der Waals surface area contributed by atoms with E-state index in [9.17, 15) is 13.2 Å². The summed E-state index contributed by atoms with van der Waals surface area (Å²) in [7, 11) is -3.51. The average molecular weight is 399 g/mol. The molecule has 7 nitrogen and oxygen atoms in total. The molecule has 3 aliphatic rings. The molecule has 0 unspecified atom stereocenters. The van der Waals surface area contributed by atoms with E-state index in [-0.39, 0.29) is 10.8 Å². The maximum atomic E-state index is 12.8. The lowest BCUT2D eigenvalue weighted by atomic mass is 9.78. The predicted octanol–water partition coefficient (Wildman–Crippen LogP) is 0.968. The van der Waals surface area contributed by atoms with Gasteiger partial charge in [-0.25, -0.2) is 8.42 Å². The van der Waals surface area contributed by atoms with E-state index in [4.69, 9.17) is 0 Å². The second kappa shape index (κ2) is 7.18. The van der Waals surface area contributed by atoms with Gasteiger partial charge in [0, 0.05) is 50.4 Å². The van der Waals surface area contributed by atoms with E-state index in [1.807, 2.05) is 4.90 Å². The molecule has 1 aromatic rings. The summed E-state index contributed by atoms with van der Waals surface area (Å²) in [5.41, 5.74) is 0.725. The molecule has 0 atom stereocenters. The second-order valence-electron chi connectivity index (χ2n) is 7.48. The van der Waals surface area contributed by atoms with Crippen molar-refractivity contribution in [3.05, 3.63) is 18.0 Å². The van der Waals surface area contributed by atoms with E-state index in [2.05, 4.69) is 10.3 Å². The summed E-state index contributed by atoms with van der Waals surface area (Å²) in [4.78, 5) is 17.7. The zero-order valence-electron chi connectivity index (χ0n) is 14.9. The number of aromatic amines is 1. The zero-order chi connectivity index (χ0) is 18.2. The fourth-order valence-corrected chi connectivity index (χ4v) is 6.73. The van der Waals surface area contributed by atoms with Crippen molar-refractivity contribution in [2.24, 2.45) is 5.41 Å². The van der Waals surface area contributed by atoms with Gasteiger partial charge in [0.05, 0.1) is 0 Å². The van der Waals surface area contributed by atoms with Crippen LogP contribution in [0.25, 0.3) is 0 Å². The molecular formula is C17H26N4O3S2. The third-order valence-corrected chi connectivity index (χ3v) is 8.76. The molecule has 3 fully saturated rings. The van der Waals surface area contributed by atoms with E-state index in [1.165, 1.54) is 23.0 Å². The van der Waals surface area contributed by atoms with E-state index >= 15 is 0 Å². The van der Waals surface area contributed by atoms with Gasteiger partial charge < -0.3 is 15.2 Å². The van der Waals surface area contributed by atoms with Crippen molar-refractivity contribution in [3.63, 3.8) is 0 Å². The first-order chi connectivity index (χ1) is 12.5. The van der Waals surface area contributed by atoms with Crippen LogP contribution in [-0.2, 0) is 10.0 Å². The fraction of sp³-hybridized carbons (Fsp3) is 0.706. The summed E-state index contributed by atoms with van der Waals surface area (Å²) in [6.45, 7) is 4.66. The Hall–Kier alpha value is -1.03. The molecule has 1 aromatic heterocycles. The Balaban J connectivity index is 1.43. The normalized spacial score (nSPS) is 24.2. The van der Waals surface area contributed by atoms with Crippen molar-refractivity contribution < 1.29 is 13.2 Å². The molecule has 1 amide bonds. The summed E-state index contributed by atoms with van der Waals surface area (Å²) in [5.74, 6) is 1.54. The molecule has 0 radical (unpaired) electrons. The minimum atomic E-state index is -3.51. The maximum Gasteiger partial charge on any atom is 0.270 e. The molecule has 4 rings (SSSR count). The number of H-pyrrole nitrogens is 1. The van der Waals surface area contributed by atoms with Crippen LogP contribution in [0.1, 0.15) is 29.8 Å². The minimum Gasteiger partial charge on any atom is -0.356 e. The average Bonchev–Trinajstić information content (AvgIpc) is 3.33. The SMILES string of the molecule is O=C(c1cc(S(=O)(=O)N2CCSCC2)c[nH]1)N1CCC2(CCNC2)CC1. The summed E-state index contributed by atoms with van der Waals surface area (Å²) in [5, 5.41) is 3.43. The molecule has 144 valence electrons. The second-order valence-corrected chi connectivity index (χ2v) is 10.6. The van der Waals surface area contributed by atoms with Gasteiger partial charge in [-0.3, -0.25) is 4.79 Å². The number of aromatic nitrogens is 1. The molecule has 0 bridgehead atoms. The van der Waals surface area contributed by atoms with Crippen LogP contribution in [0.5, 0.6) is 0 Å². The highest BCUT2D eigenvalue weighted by molar-refractivity contribution is 7.99. The number of likely N-dealkylation sites (tertiary alicyclic amines) is 1. The molecule has 2 N–H and O–H groups in total. The Morgan fingerprint density at radius 1 is 1.12 bits per heavy atom. The van der Waals surface area contributed by atoms with Crippen LogP contribution >= 0.6 is 11.8 Å². The molecular weight excluding hydrogens is 372 g/mol. The fourth-order valence-electron chi connectivity index (χ4n) is 4.16. The van der Waals surface area contributed by atoms with E-state index < -0.39 is 10.0 Å². The van der Waals surface area contributed by atoms with Gasteiger partial charge in [-0.05, 0) is 37.3 Å². The van der Waals surface area contributed by atoms with E-state index in [0.717, 1.165) is 50.5 Å². The molecule has 9 heteroatoms. The molecule has 0 aromatic carbocycles. The number of amides is 1. The summed E-state index contributed by atoms with van der Waals surface area (Å²) in [6, 6.07) is 1.50. The number of nitrogens with zero attached hydrogens (tertiary/aromatic N) is 2. The topological polar surface area (TPSA) is 85.5 Å². The van der Waals surface area contributed by atoms with E-state index in [0.29, 0.717) is 24.2 Å². The number of carbonyl (C=O) groups is 1. The first kappa shape index (κ1) is 18.3. The molecule has 4 heterocycles. The van der Waals surface area contributed by atoms with Crippen LogP contribution in [0.2, 0.25) is 0 Å². The Morgan fingerprint density at radius 3 is 2.50 bits per heavy atom. The largest absolute Gasteiger partial charge is 0.356 e. The van der Waals surface area contributed by atoms with Gasteiger partial charge in [0.1, 0.15) is 10.6 Å². The Kier molecular flexibility index (Phi) is 5.06. The van der Waals surface area contributed by atoms with Crippen LogP contribution in [0.15, 0.2) is 17.2 Å². The summed E-state index contributed by atoms with van der Waals surface area (Å²) >= 11 is 1.77. The van der Waals surface area contributed by atoms with E-state index in [1.54, 1.807) is 11.8 Å². The number of nitrogens with one attached hydrogen (secondary N) is 2. The lowest BCUT2D eigenvalue weighted by molar-refractivity contribution is 0.0602. The summed E-state index contributed by atoms with van der Waals surface area (Å²) < 4.78 is 27.0. The quantitative estimate of drug-likeness (QED) is 0.792. The molecule has 26 heavy (non-hydrogen) atoms. The minimum absolute atomic E-state index is 0.0959. The van der Waals surface area contributed by atoms with Crippen LogP contribution in [-0.4, -0.2) is 79.3 Å². The first-order valence-corrected chi connectivity index (χ1v) is 11.9. The van der Waals surface area contributed by atoms with Gasteiger partial charge >= 0.3 is 0 Å². The number of carbonyl (C=O) groups excluding carboxylic acids is 1. The predicted molar refractivity (Wildman–Crippen MR) is 102 cm³/mol. The maximum absolute atomic E-state index is 12.8.